The number of hydrogen-bond donors (Lipinski definition) is 1. The Morgan fingerprint density at radius 1 is 1.41 bits per heavy atom. The fraction of sp³-hybridized carbons (Fsp3) is 0.692. The van der Waals surface area contributed by atoms with Gasteiger partial charge in [0.25, 0.3) is 0 Å². The van der Waals surface area contributed by atoms with E-state index in [9.17, 15) is 0 Å². The normalized spacial score (nSPS) is 17.1. The minimum atomic E-state index is 0.125. The molecule has 1 aromatic rings. The Balaban J connectivity index is 3.12. The monoisotopic (exact) mass is 318 g/mol. The zero-order chi connectivity index (χ0) is 13.1. The first kappa shape index (κ1) is 15.2. The maximum atomic E-state index is 3.66. The average molecular weight is 319 g/mol. The van der Waals surface area contributed by atoms with Crippen LogP contribution in [0.4, 0.5) is 0 Å². The van der Waals surface area contributed by atoms with Gasteiger partial charge in [0, 0.05) is 15.4 Å². The van der Waals surface area contributed by atoms with Crippen LogP contribution >= 0.6 is 27.3 Å². The molecule has 0 saturated heterocycles. The molecule has 98 valence electrons. The van der Waals surface area contributed by atoms with Crippen molar-refractivity contribution in [2.24, 2.45) is 0 Å². The molecule has 0 radical (unpaired) electrons. The minimum absolute atomic E-state index is 0.125. The molecule has 0 saturated carbocycles. The summed E-state index contributed by atoms with van der Waals surface area (Å²) < 4.78 is 1.22. The molecular weight excluding hydrogens is 296 g/mol. The molecule has 0 aliphatic carbocycles. The standard InChI is InChI=1S/C13H23BrN2S/c1-6-13(3,16(4)5)12(15-7-2)10-8-17-9-11(10)14/h8-9,12,15H,6-7H2,1-5H3. The molecule has 0 aliphatic heterocycles. The van der Waals surface area contributed by atoms with E-state index in [2.05, 4.69) is 71.8 Å². The van der Waals surface area contributed by atoms with E-state index < -0.39 is 0 Å². The maximum Gasteiger partial charge on any atom is 0.0523 e. The van der Waals surface area contributed by atoms with Crippen molar-refractivity contribution in [1.82, 2.24) is 10.2 Å². The molecule has 0 fully saturated rings. The lowest BCUT2D eigenvalue weighted by atomic mass is 9.84. The summed E-state index contributed by atoms with van der Waals surface area (Å²) in [7, 11) is 4.32. The van der Waals surface area contributed by atoms with E-state index >= 15 is 0 Å². The molecule has 0 amide bonds. The van der Waals surface area contributed by atoms with Crippen molar-refractivity contribution in [1.29, 1.82) is 0 Å². The van der Waals surface area contributed by atoms with Gasteiger partial charge in [-0.25, -0.2) is 0 Å². The Morgan fingerprint density at radius 3 is 2.41 bits per heavy atom. The summed E-state index contributed by atoms with van der Waals surface area (Å²) in [5, 5.41) is 8.04. The number of hydrogen-bond acceptors (Lipinski definition) is 3. The smallest absolute Gasteiger partial charge is 0.0523 e. The van der Waals surface area contributed by atoms with E-state index in [1.807, 2.05) is 0 Å². The van der Waals surface area contributed by atoms with Crippen LogP contribution in [-0.2, 0) is 0 Å². The highest BCUT2D eigenvalue weighted by Crippen LogP contribution is 2.37. The van der Waals surface area contributed by atoms with Gasteiger partial charge in [-0.3, -0.25) is 0 Å². The van der Waals surface area contributed by atoms with Gasteiger partial charge in [0.15, 0.2) is 0 Å². The Kier molecular flexibility index (Phi) is 5.64. The van der Waals surface area contributed by atoms with E-state index in [0.29, 0.717) is 6.04 Å². The summed E-state index contributed by atoms with van der Waals surface area (Å²) in [4.78, 5) is 2.32. The van der Waals surface area contributed by atoms with Crippen LogP contribution < -0.4 is 5.32 Å². The SMILES string of the molecule is CCNC(c1cscc1Br)C(C)(CC)N(C)C. The molecule has 0 bridgehead atoms. The maximum absolute atomic E-state index is 3.66. The summed E-state index contributed by atoms with van der Waals surface area (Å²) >= 11 is 5.41. The molecule has 2 atom stereocenters. The molecule has 1 heterocycles. The molecule has 1 rings (SSSR count). The minimum Gasteiger partial charge on any atom is -0.309 e. The third-order valence-corrected chi connectivity index (χ3v) is 5.47. The largest absolute Gasteiger partial charge is 0.309 e. The topological polar surface area (TPSA) is 15.3 Å². The number of rotatable bonds is 6. The number of likely N-dealkylation sites (N-methyl/N-ethyl adjacent to an activating group) is 2. The number of nitrogens with one attached hydrogen (secondary N) is 1. The van der Waals surface area contributed by atoms with Gasteiger partial charge < -0.3 is 10.2 Å². The Hall–Kier alpha value is 0.1000. The highest BCUT2D eigenvalue weighted by Gasteiger charge is 2.36. The lowest BCUT2D eigenvalue weighted by Gasteiger charge is -2.43. The summed E-state index contributed by atoms with van der Waals surface area (Å²) in [5.41, 5.74) is 1.49. The summed E-state index contributed by atoms with van der Waals surface area (Å²) in [6.45, 7) is 7.73. The Morgan fingerprint density at radius 2 is 2.06 bits per heavy atom. The first-order valence-electron chi connectivity index (χ1n) is 6.09. The Bertz CT molecular complexity index is 351. The lowest BCUT2D eigenvalue weighted by molar-refractivity contribution is 0.113. The van der Waals surface area contributed by atoms with Crippen LogP contribution in [0.1, 0.15) is 38.8 Å². The quantitative estimate of drug-likeness (QED) is 0.856. The Labute approximate surface area is 118 Å². The first-order valence-corrected chi connectivity index (χ1v) is 7.83. The highest BCUT2D eigenvalue weighted by atomic mass is 79.9. The molecule has 2 nitrogen and oxygen atoms in total. The summed E-state index contributed by atoms with van der Waals surface area (Å²) in [6, 6.07) is 0.355. The van der Waals surface area contributed by atoms with Crippen LogP contribution in [0.5, 0.6) is 0 Å². The summed E-state index contributed by atoms with van der Waals surface area (Å²) in [5.74, 6) is 0. The third kappa shape index (κ3) is 3.11. The molecule has 2 unspecified atom stereocenters. The molecule has 1 aromatic heterocycles. The van der Waals surface area contributed by atoms with Gasteiger partial charge in [0.2, 0.25) is 0 Å². The van der Waals surface area contributed by atoms with Crippen molar-refractivity contribution in [2.75, 3.05) is 20.6 Å². The lowest BCUT2D eigenvalue weighted by Crippen LogP contribution is -2.51. The van der Waals surface area contributed by atoms with Crippen LogP contribution in [0.15, 0.2) is 15.2 Å². The zero-order valence-corrected chi connectivity index (χ0v) is 13.8. The van der Waals surface area contributed by atoms with Crippen LogP contribution in [0.2, 0.25) is 0 Å². The van der Waals surface area contributed by atoms with Gasteiger partial charge >= 0.3 is 0 Å². The van der Waals surface area contributed by atoms with Crippen molar-refractivity contribution in [3.63, 3.8) is 0 Å². The molecule has 4 heteroatoms. The number of nitrogens with zero attached hydrogens (tertiary/aromatic N) is 1. The van der Waals surface area contributed by atoms with Crippen molar-refractivity contribution < 1.29 is 0 Å². The van der Waals surface area contributed by atoms with E-state index in [4.69, 9.17) is 0 Å². The third-order valence-electron chi connectivity index (χ3n) is 3.72. The van der Waals surface area contributed by atoms with Crippen LogP contribution in [0.25, 0.3) is 0 Å². The number of halogens is 1. The van der Waals surface area contributed by atoms with Crippen LogP contribution in [0, 0.1) is 0 Å². The number of thiophene rings is 1. The molecule has 17 heavy (non-hydrogen) atoms. The molecule has 0 aromatic carbocycles. The van der Waals surface area contributed by atoms with Gasteiger partial charge in [-0.2, -0.15) is 11.3 Å². The fourth-order valence-corrected chi connectivity index (χ4v) is 3.70. The molecular formula is C13H23BrN2S. The second-order valence-electron chi connectivity index (χ2n) is 4.77. The van der Waals surface area contributed by atoms with Crippen molar-refractivity contribution in [3.8, 4) is 0 Å². The highest BCUT2D eigenvalue weighted by molar-refractivity contribution is 9.10. The average Bonchev–Trinajstić information content (AvgIpc) is 2.71. The predicted octanol–water partition coefficient (Wildman–Crippen LogP) is 3.89. The van der Waals surface area contributed by atoms with Gasteiger partial charge in [0.05, 0.1) is 6.04 Å². The van der Waals surface area contributed by atoms with Crippen molar-refractivity contribution >= 4 is 27.3 Å². The van der Waals surface area contributed by atoms with Gasteiger partial charge in [-0.15, -0.1) is 0 Å². The van der Waals surface area contributed by atoms with Crippen LogP contribution in [-0.4, -0.2) is 31.1 Å². The summed E-state index contributed by atoms with van der Waals surface area (Å²) in [6.07, 6.45) is 1.11. The molecule has 1 N–H and O–H groups in total. The van der Waals surface area contributed by atoms with Gasteiger partial charge in [-0.1, -0.05) is 13.8 Å². The predicted molar refractivity (Wildman–Crippen MR) is 80.8 cm³/mol. The first-order chi connectivity index (χ1) is 7.97. The second-order valence-corrected chi connectivity index (χ2v) is 6.37. The van der Waals surface area contributed by atoms with E-state index in [-0.39, 0.29) is 5.54 Å². The van der Waals surface area contributed by atoms with E-state index in [0.717, 1.165) is 13.0 Å². The van der Waals surface area contributed by atoms with Crippen molar-refractivity contribution in [3.05, 3.63) is 20.8 Å². The van der Waals surface area contributed by atoms with Gasteiger partial charge in [-0.05, 0) is 60.9 Å². The fourth-order valence-electron chi connectivity index (χ4n) is 2.14. The van der Waals surface area contributed by atoms with E-state index in [1.165, 1.54) is 10.0 Å². The zero-order valence-electron chi connectivity index (χ0n) is 11.4. The second kappa shape index (κ2) is 6.32. The molecule has 0 spiro atoms. The van der Waals surface area contributed by atoms with Crippen molar-refractivity contribution in [2.45, 2.75) is 38.8 Å². The van der Waals surface area contributed by atoms with Crippen LogP contribution in [0.3, 0.4) is 0 Å². The van der Waals surface area contributed by atoms with E-state index in [1.54, 1.807) is 11.3 Å². The van der Waals surface area contributed by atoms with Gasteiger partial charge in [0.1, 0.15) is 0 Å². The molecule has 0 aliphatic rings.